The van der Waals surface area contributed by atoms with Crippen molar-refractivity contribution in [1.29, 1.82) is 0 Å². The van der Waals surface area contributed by atoms with Gasteiger partial charge in [0.15, 0.2) is 0 Å². The number of benzene rings is 12. The fraction of sp³-hybridized carbons (Fsp3) is 0.250. The molecular weight excluding hydrogens is 1620 g/mol. The van der Waals surface area contributed by atoms with E-state index in [2.05, 4.69) is 159 Å². The second kappa shape index (κ2) is 45.8. The molecule has 18 rings (SSSR count). The first-order valence-corrected chi connectivity index (χ1v) is 43.0. The van der Waals surface area contributed by atoms with Gasteiger partial charge in [0, 0.05) is 34.4 Å². The highest BCUT2D eigenvalue weighted by atomic mass is 16.6. The third-order valence-electron chi connectivity index (χ3n) is 20.6. The number of carbonyl (C=O) groups excluding carboxylic acids is 3. The van der Waals surface area contributed by atoms with Gasteiger partial charge in [-0.25, -0.2) is 14.4 Å². The number of epoxide rings is 6. The van der Waals surface area contributed by atoms with Gasteiger partial charge in [-0.1, -0.05) is 128 Å². The lowest BCUT2D eigenvalue weighted by molar-refractivity contribution is -0.138. The monoisotopic (exact) mass is 1720 g/mol. The lowest BCUT2D eigenvalue weighted by Gasteiger charge is -2.09. The summed E-state index contributed by atoms with van der Waals surface area (Å²) in [5.74, 6) is 18.6. The van der Waals surface area contributed by atoms with Crippen molar-refractivity contribution < 1.29 is 94.9 Å². The van der Waals surface area contributed by atoms with Gasteiger partial charge >= 0.3 is 17.9 Å². The van der Waals surface area contributed by atoms with Crippen LogP contribution in [0.5, 0.6) is 51.7 Å². The Labute approximate surface area is 745 Å². The Morgan fingerprint density at radius 2 is 0.570 bits per heavy atom. The van der Waals surface area contributed by atoms with Crippen molar-refractivity contribution >= 4 is 51.1 Å². The zero-order valence-corrected chi connectivity index (χ0v) is 71.3. The Hall–Kier alpha value is -13.9. The number of allylic oxidation sites excluding steroid dienone is 1. The van der Waals surface area contributed by atoms with Crippen LogP contribution in [0, 0.1) is 23.7 Å². The minimum Gasteiger partial charge on any atom is -0.494 e. The summed E-state index contributed by atoms with van der Waals surface area (Å²) < 4.78 is 91.7. The summed E-state index contributed by atoms with van der Waals surface area (Å²) in [7, 11) is 0. The predicted octanol–water partition coefficient (Wildman–Crippen LogP) is 19.4. The van der Waals surface area contributed by atoms with Crippen LogP contribution in [0.2, 0.25) is 0 Å². The molecule has 6 aliphatic rings. The second-order valence-electron chi connectivity index (χ2n) is 30.9. The third-order valence-corrected chi connectivity index (χ3v) is 20.6. The van der Waals surface area contributed by atoms with E-state index in [-0.39, 0.29) is 36.6 Å². The molecule has 0 aliphatic carbocycles. The molecule has 0 bridgehead atoms. The number of ether oxygens (including phenoxy) is 17. The Morgan fingerprint density at radius 1 is 0.305 bits per heavy atom. The Kier molecular flexibility index (Phi) is 31.8. The van der Waals surface area contributed by atoms with Crippen molar-refractivity contribution in [3.8, 4) is 97.7 Å². The smallest absolute Gasteiger partial charge is 0.343 e. The van der Waals surface area contributed by atoms with Crippen LogP contribution in [0.4, 0.5) is 0 Å². The molecule has 0 aromatic heterocycles. The first kappa shape index (κ1) is 88.9. The van der Waals surface area contributed by atoms with Crippen molar-refractivity contribution in [1.82, 2.24) is 0 Å². The highest BCUT2D eigenvalue weighted by molar-refractivity contribution is 5.93. The molecule has 128 heavy (non-hydrogen) atoms. The first-order chi connectivity index (χ1) is 62.8. The molecule has 0 saturated carbocycles. The van der Waals surface area contributed by atoms with Crippen LogP contribution in [0.1, 0.15) is 76.3 Å². The van der Waals surface area contributed by atoms with Gasteiger partial charge in [-0.2, -0.15) is 0 Å². The van der Waals surface area contributed by atoms with Crippen molar-refractivity contribution in [3.63, 3.8) is 0 Å². The van der Waals surface area contributed by atoms with Gasteiger partial charge in [0.1, 0.15) is 128 Å². The highest BCUT2D eigenvalue weighted by Gasteiger charge is 2.27. The van der Waals surface area contributed by atoms with Gasteiger partial charge in [-0.15, -0.1) is 0 Å². The molecule has 0 spiro atoms. The average Bonchev–Trinajstić information content (AvgIpc) is 1.12. The normalized spacial score (nSPS) is 16.6. The molecule has 6 heterocycles. The maximum absolute atomic E-state index is 12.2. The zero-order valence-electron chi connectivity index (χ0n) is 71.3. The summed E-state index contributed by atoms with van der Waals surface area (Å²) in [4.78, 5) is 34.2. The molecule has 6 unspecified atom stereocenters. The van der Waals surface area contributed by atoms with Crippen molar-refractivity contribution in [2.24, 2.45) is 0 Å². The van der Waals surface area contributed by atoms with Gasteiger partial charge in [0.05, 0.1) is 71.6 Å². The van der Waals surface area contributed by atoms with E-state index < -0.39 is 17.9 Å². The van der Waals surface area contributed by atoms with E-state index in [9.17, 15) is 14.4 Å². The summed E-state index contributed by atoms with van der Waals surface area (Å²) in [6.07, 6.45) is 9.05. The summed E-state index contributed by atoms with van der Waals surface area (Å²) in [6, 6.07) is 87.5. The Balaban J connectivity index is 0.000000137. The molecule has 12 aromatic carbocycles. The molecule has 652 valence electrons. The molecule has 6 fully saturated rings. The molecule has 0 amide bonds. The molecule has 20 heteroatoms. The van der Waals surface area contributed by atoms with E-state index in [1.165, 1.54) is 43.8 Å². The summed E-state index contributed by atoms with van der Waals surface area (Å²) in [6.45, 7) is 19.1. The third kappa shape index (κ3) is 30.2. The molecule has 12 aromatic rings. The predicted molar refractivity (Wildman–Crippen MR) is 491 cm³/mol. The number of hydrogen-bond donors (Lipinski definition) is 0. The fourth-order valence-electron chi connectivity index (χ4n) is 12.7. The zero-order chi connectivity index (χ0) is 87.9. The SMILES string of the molecule is C=CC(=O)OCCCCOc1ccc(C#Cc2ccc(-c3ccc(C#Cc4ccc(OCCCCOC(=O)C=C)cc4)cc3)cc2)cc1.CC(=Cc1ccc(OCC2CO2)cc1)c1ccc(OCC2CO2)cc1.O=C(Oc1ccc(OCC2CO2)cc1)c1ccc(OCC2CO2)cc1.c1cc2cc(-c3ccc4cc(OCC5CO5)ccc4c3)ccc2cc1OCC1CO1. The van der Waals surface area contributed by atoms with E-state index in [4.69, 9.17) is 80.5 Å². The standard InChI is InChI=1S/C42H38O6.C26H22O4.C21H22O4.C19H18O6/c1-3-41(43)47-31-7-5-29-45-39-25-17-35(18-26-39)11-9-33-13-21-37(22-14-33)38-23-15-34(16-24-38)10-12-36-19-27-40(28-20-36)46-30-6-8-32-48-42(44)4-2;1-3-21-11-23(27-13-25-15-29-25)7-5-19(21)9-17(1)18-2-4-22-12-24(8-6-20(22)10-18)28-14-26-16-30-26;1-15(17-4-8-19(9-5-17)23-12-21-14-25-21)10-16-2-6-18(7-3-16)22-11-20-13-24-20;20-19(13-1-3-14(4-2-13)21-9-17-11-23-17)25-16-7-5-15(6-8-16)22-10-18-12-24-18/h3-4,13-28H,1-2,5-8,29-32H2;1-12,25-26H,13-16H2;2-10,20-21H,11-14H2,1H3;1-8,17-18H,9-12H2. The van der Waals surface area contributed by atoms with Gasteiger partial charge in [-0.3, -0.25) is 0 Å². The van der Waals surface area contributed by atoms with Crippen molar-refractivity contribution in [3.05, 3.63) is 331 Å². The molecule has 0 radical (unpaired) electrons. The minimum atomic E-state index is -0.419. The molecule has 6 atom stereocenters. The van der Waals surface area contributed by atoms with Gasteiger partial charge in [0.25, 0.3) is 0 Å². The van der Waals surface area contributed by atoms with Gasteiger partial charge < -0.3 is 80.5 Å². The van der Waals surface area contributed by atoms with Crippen LogP contribution >= 0.6 is 0 Å². The largest absolute Gasteiger partial charge is 0.494 e. The van der Waals surface area contributed by atoms with Crippen LogP contribution in [0.25, 0.3) is 55.4 Å². The Morgan fingerprint density at radius 3 is 0.922 bits per heavy atom. The number of unbranched alkanes of at least 4 members (excludes halogenated alkanes) is 2. The van der Waals surface area contributed by atoms with E-state index in [1.54, 1.807) is 48.5 Å². The maximum Gasteiger partial charge on any atom is 0.343 e. The minimum absolute atomic E-state index is 0.202. The number of rotatable bonds is 38. The topological polar surface area (TPSA) is 228 Å². The van der Waals surface area contributed by atoms with E-state index in [1.807, 2.05) is 109 Å². The molecule has 6 saturated heterocycles. The molecule has 6 aliphatic heterocycles. The highest BCUT2D eigenvalue weighted by Crippen LogP contribution is 2.33. The second-order valence-corrected chi connectivity index (χ2v) is 30.9. The Bertz CT molecular complexity index is 5600. The van der Waals surface area contributed by atoms with Crippen molar-refractivity contribution in [2.45, 2.75) is 69.2 Å². The number of carbonyl (C=O) groups is 3. The number of fused-ring (bicyclic) bond motifs is 2. The summed E-state index contributed by atoms with van der Waals surface area (Å²) in [5.41, 5.74) is 12.3. The summed E-state index contributed by atoms with van der Waals surface area (Å²) >= 11 is 0. The lowest BCUT2D eigenvalue weighted by atomic mass is 9.98. The molecular formula is C108H100O20. The van der Waals surface area contributed by atoms with Crippen molar-refractivity contribution in [2.75, 3.05) is 106 Å². The van der Waals surface area contributed by atoms with Crippen LogP contribution in [-0.2, 0) is 47.5 Å². The lowest BCUT2D eigenvalue weighted by Crippen LogP contribution is -2.09. The van der Waals surface area contributed by atoms with Gasteiger partial charge in [0.2, 0.25) is 0 Å². The van der Waals surface area contributed by atoms with Crippen LogP contribution in [-0.4, -0.2) is 160 Å². The van der Waals surface area contributed by atoms with E-state index in [0.717, 1.165) is 157 Å². The van der Waals surface area contributed by atoms with Crippen LogP contribution in [0.15, 0.2) is 292 Å². The van der Waals surface area contributed by atoms with Crippen LogP contribution < -0.4 is 42.6 Å². The quantitative estimate of drug-likeness (QED) is 0.00666. The van der Waals surface area contributed by atoms with Gasteiger partial charge in [-0.05, 0) is 275 Å². The average molecular weight is 1720 g/mol. The molecule has 20 nitrogen and oxygen atoms in total. The molecule has 0 N–H and O–H groups in total. The van der Waals surface area contributed by atoms with E-state index in [0.29, 0.717) is 83.1 Å². The summed E-state index contributed by atoms with van der Waals surface area (Å²) in [5, 5.41) is 4.76. The maximum atomic E-state index is 12.2. The first-order valence-electron chi connectivity index (χ1n) is 43.0. The van der Waals surface area contributed by atoms with Crippen LogP contribution in [0.3, 0.4) is 0 Å². The van der Waals surface area contributed by atoms with E-state index >= 15 is 0 Å². The number of hydrogen-bond acceptors (Lipinski definition) is 20. The fourth-order valence-corrected chi connectivity index (χ4v) is 12.7. The number of esters is 3.